The Morgan fingerprint density at radius 1 is 1.32 bits per heavy atom. The number of furan rings is 1. The molecule has 1 N–H and O–H groups in total. The number of aryl methyl sites for hydroxylation is 1. The van der Waals surface area contributed by atoms with Crippen molar-refractivity contribution in [2.75, 3.05) is 16.8 Å². The topological polar surface area (TPSA) is 88.8 Å². The predicted molar refractivity (Wildman–Crippen MR) is 90.4 cm³/mol. The number of hydrogen-bond donors (Lipinski definition) is 1. The van der Waals surface area contributed by atoms with Gasteiger partial charge in [-0.05, 0) is 32.0 Å². The first-order chi connectivity index (χ1) is 12.0. The van der Waals surface area contributed by atoms with Crippen LogP contribution in [0, 0.1) is 6.92 Å². The number of anilines is 2. The number of ether oxygens (including phenoxy) is 1. The standard InChI is InChI=1S/C18H18N2O5/c1-11-9-16(21)19-14-5-3-4-6-15(14)20(11)17(22)10-25-18(23)13-7-8-24-12(13)2/h3-8,11H,9-10H2,1-2H3,(H,19,21)/t11-/m0/s1. The molecule has 0 saturated carbocycles. The minimum Gasteiger partial charge on any atom is -0.469 e. The van der Waals surface area contributed by atoms with Gasteiger partial charge in [-0.3, -0.25) is 9.59 Å². The number of fused-ring (bicyclic) bond motifs is 1. The van der Waals surface area contributed by atoms with E-state index < -0.39 is 18.5 Å². The van der Waals surface area contributed by atoms with Gasteiger partial charge in [0.15, 0.2) is 6.61 Å². The lowest BCUT2D eigenvalue weighted by molar-refractivity contribution is -0.122. The van der Waals surface area contributed by atoms with Gasteiger partial charge >= 0.3 is 5.97 Å². The zero-order chi connectivity index (χ0) is 18.0. The molecule has 1 aliphatic heterocycles. The molecular formula is C18H18N2O5. The van der Waals surface area contributed by atoms with Crippen LogP contribution in [0.15, 0.2) is 41.0 Å². The molecule has 0 bridgehead atoms. The summed E-state index contributed by atoms with van der Waals surface area (Å²) in [6.07, 6.45) is 1.55. The molecule has 1 aromatic heterocycles. The summed E-state index contributed by atoms with van der Waals surface area (Å²) in [5, 5.41) is 2.78. The number of para-hydroxylation sites is 2. The molecular weight excluding hydrogens is 324 g/mol. The Labute approximate surface area is 144 Å². The second kappa shape index (κ2) is 6.80. The molecule has 7 nitrogen and oxygen atoms in total. The molecule has 2 amide bonds. The molecule has 1 aromatic carbocycles. The molecule has 25 heavy (non-hydrogen) atoms. The van der Waals surface area contributed by atoms with E-state index >= 15 is 0 Å². The first-order valence-electron chi connectivity index (χ1n) is 7.89. The summed E-state index contributed by atoms with van der Waals surface area (Å²) < 4.78 is 10.2. The second-order valence-electron chi connectivity index (χ2n) is 5.85. The van der Waals surface area contributed by atoms with E-state index in [1.807, 2.05) is 0 Å². The van der Waals surface area contributed by atoms with Crippen LogP contribution in [0.1, 0.15) is 29.5 Å². The quantitative estimate of drug-likeness (QED) is 0.866. The van der Waals surface area contributed by atoms with E-state index in [1.54, 1.807) is 38.1 Å². The van der Waals surface area contributed by atoms with Crippen molar-refractivity contribution in [2.45, 2.75) is 26.3 Å². The van der Waals surface area contributed by atoms with E-state index in [1.165, 1.54) is 17.2 Å². The van der Waals surface area contributed by atoms with Crippen molar-refractivity contribution < 1.29 is 23.5 Å². The third-order valence-electron chi connectivity index (χ3n) is 4.03. The van der Waals surface area contributed by atoms with Gasteiger partial charge in [0, 0.05) is 12.5 Å². The molecule has 1 atom stereocenters. The largest absolute Gasteiger partial charge is 0.469 e. The molecule has 130 valence electrons. The highest BCUT2D eigenvalue weighted by molar-refractivity contribution is 6.05. The van der Waals surface area contributed by atoms with Gasteiger partial charge in [0.2, 0.25) is 5.91 Å². The number of amides is 2. The molecule has 7 heteroatoms. The van der Waals surface area contributed by atoms with Gasteiger partial charge in [-0.2, -0.15) is 0 Å². The molecule has 0 fully saturated rings. The Hall–Kier alpha value is -3.09. The molecule has 0 unspecified atom stereocenters. The van der Waals surface area contributed by atoms with Crippen molar-refractivity contribution in [3.63, 3.8) is 0 Å². The van der Waals surface area contributed by atoms with Crippen LogP contribution in [0.2, 0.25) is 0 Å². The first kappa shape index (κ1) is 16.8. The zero-order valence-electron chi connectivity index (χ0n) is 13.9. The highest BCUT2D eigenvalue weighted by atomic mass is 16.5. The van der Waals surface area contributed by atoms with Crippen LogP contribution >= 0.6 is 0 Å². The third kappa shape index (κ3) is 3.40. The lowest BCUT2D eigenvalue weighted by Crippen LogP contribution is -2.41. The molecule has 1 aliphatic rings. The lowest BCUT2D eigenvalue weighted by atomic mass is 10.1. The summed E-state index contributed by atoms with van der Waals surface area (Å²) in [5.41, 5.74) is 1.43. The Kier molecular flexibility index (Phi) is 4.56. The van der Waals surface area contributed by atoms with Crippen LogP contribution < -0.4 is 10.2 Å². The van der Waals surface area contributed by atoms with Gasteiger partial charge in [-0.25, -0.2) is 4.79 Å². The molecule has 3 rings (SSSR count). The number of carbonyl (C=O) groups is 3. The highest BCUT2D eigenvalue weighted by Gasteiger charge is 2.30. The fourth-order valence-corrected chi connectivity index (χ4v) is 2.84. The predicted octanol–water partition coefficient (Wildman–Crippen LogP) is 2.51. The van der Waals surface area contributed by atoms with Crippen molar-refractivity contribution in [3.8, 4) is 0 Å². The lowest BCUT2D eigenvalue weighted by Gasteiger charge is -2.27. The summed E-state index contributed by atoms with van der Waals surface area (Å²) in [6.45, 7) is 3.00. The minimum absolute atomic E-state index is 0.162. The molecule has 0 saturated heterocycles. The number of esters is 1. The summed E-state index contributed by atoms with van der Waals surface area (Å²) in [4.78, 5) is 38.1. The zero-order valence-corrected chi connectivity index (χ0v) is 13.9. The van der Waals surface area contributed by atoms with E-state index in [0.717, 1.165) is 0 Å². The van der Waals surface area contributed by atoms with E-state index in [9.17, 15) is 14.4 Å². The number of nitrogens with one attached hydrogen (secondary N) is 1. The van der Waals surface area contributed by atoms with E-state index in [-0.39, 0.29) is 23.9 Å². The van der Waals surface area contributed by atoms with E-state index in [0.29, 0.717) is 17.1 Å². The maximum atomic E-state index is 12.7. The van der Waals surface area contributed by atoms with Gasteiger partial charge in [0.25, 0.3) is 5.91 Å². The Morgan fingerprint density at radius 3 is 2.80 bits per heavy atom. The average molecular weight is 342 g/mol. The molecule has 0 aliphatic carbocycles. The van der Waals surface area contributed by atoms with Gasteiger partial charge in [0.05, 0.1) is 17.6 Å². The fourth-order valence-electron chi connectivity index (χ4n) is 2.84. The van der Waals surface area contributed by atoms with Gasteiger partial charge in [0.1, 0.15) is 11.3 Å². The van der Waals surface area contributed by atoms with Crippen LogP contribution in [-0.2, 0) is 14.3 Å². The van der Waals surface area contributed by atoms with Gasteiger partial charge in [-0.15, -0.1) is 0 Å². The SMILES string of the molecule is Cc1occc1C(=O)OCC(=O)N1c2ccccc2NC(=O)C[C@@H]1C. The molecule has 0 radical (unpaired) electrons. The van der Waals surface area contributed by atoms with Gasteiger partial charge < -0.3 is 19.4 Å². The van der Waals surface area contributed by atoms with Crippen molar-refractivity contribution in [1.29, 1.82) is 0 Å². The second-order valence-corrected chi connectivity index (χ2v) is 5.85. The maximum Gasteiger partial charge on any atom is 0.342 e. The van der Waals surface area contributed by atoms with Crippen molar-refractivity contribution in [2.24, 2.45) is 0 Å². The monoisotopic (exact) mass is 342 g/mol. The summed E-state index contributed by atoms with van der Waals surface area (Å²) in [5.74, 6) is -0.752. The van der Waals surface area contributed by atoms with Crippen LogP contribution in [0.25, 0.3) is 0 Å². The third-order valence-corrected chi connectivity index (χ3v) is 4.03. The number of benzene rings is 1. The normalized spacial score (nSPS) is 16.6. The smallest absolute Gasteiger partial charge is 0.342 e. The van der Waals surface area contributed by atoms with Crippen molar-refractivity contribution in [3.05, 3.63) is 47.9 Å². The van der Waals surface area contributed by atoms with Crippen LogP contribution in [0.3, 0.4) is 0 Å². The molecule has 2 heterocycles. The van der Waals surface area contributed by atoms with E-state index in [2.05, 4.69) is 5.32 Å². The summed E-state index contributed by atoms with van der Waals surface area (Å²) in [6, 6.07) is 8.17. The molecule has 0 spiro atoms. The number of carbonyl (C=O) groups excluding carboxylic acids is 3. The van der Waals surface area contributed by atoms with E-state index in [4.69, 9.17) is 9.15 Å². The number of rotatable bonds is 3. The number of nitrogens with zero attached hydrogens (tertiary/aromatic N) is 1. The van der Waals surface area contributed by atoms with Crippen LogP contribution in [-0.4, -0.2) is 30.4 Å². The Morgan fingerprint density at radius 2 is 2.08 bits per heavy atom. The first-order valence-corrected chi connectivity index (χ1v) is 7.89. The highest BCUT2D eigenvalue weighted by Crippen LogP contribution is 2.31. The van der Waals surface area contributed by atoms with Crippen LogP contribution in [0.5, 0.6) is 0 Å². The van der Waals surface area contributed by atoms with Gasteiger partial charge in [-0.1, -0.05) is 12.1 Å². The minimum atomic E-state index is -0.621. The Bertz CT molecular complexity index is 826. The fraction of sp³-hybridized carbons (Fsp3) is 0.278. The Balaban J connectivity index is 1.77. The van der Waals surface area contributed by atoms with Crippen molar-refractivity contribution >= 4 is 29.2 Å². The average Bonchev–Trinajstić information content (AvgIpc) is 2.94. The number of hydrogen-bond acceptors (Lipinski definition) is 5. The molecule has 2 aromatic rings. The summed E-state index contributed by atoms with van der Waals surface area (Å²) in [7, 11) is 0. The maximum absolute atomic E-state index is 12.7. The summed E-state index contributed by atoms with van der Waals surface area (Å²) >= 11 is 0. The van der Waals surface area contributed by atoms with Crippen molar-refractivity contribution in [1.82, 2.24) is 0 Å². The van der Waals surface area contributed by atoms with Crippen LogP contribution in [0.4, 0.5) is 11.4 Å².